The summed E-state index contributed by atoms with van der Waals surface area (Å²) in [7, 11) is 1.55. The lowest BCUT2D eigenvalue weighted by Gasteiger charge is -2.28. The molecule has 29 heavy (non-hydrogen) atoms. The monoisotopic (exact) mass is 418 g/mol. The van der Waals surface area contributed by atoms with E-state index in [9.17, 15) is 14.9 Å². The molecule has 8 nitrogen and oxygen atoms in total. The molecule has 0 bridgehead atoms. The quantitative estimate of drug-likeness (QED) is 0.383. The zero-order valence-corrected chi connectivity index (χ0v) is 17.1. The normalized spacial score (nSPS) is 12.9. The van der Waals surface area contributed by atoms with Crippen LogP contribution in [0.15, 0.2) is 53.6 Å². The second-order valence-corrected chi connectivity index (χ2v) is 7.42. The Hall–Kier alpha value is -3.13. The van der Waals surface area contributed by atoms with E-state index in [-0.39, 0.29) is 11.3 Å². The SMILES string of the molecule is COc1ccc(C(C/C(=N/NC(N)=O)c2ccc(Cl)cc2)C(C)(C)[N+](=O)[O-])cc1. The van der Waals surface area contributed by atoms with Crippen molar-refractivity contribution in [3.63, 3.8) is 0 Å². The van der Waals surface area contributed by atoms with Gasteiger partial charge in [0.05, 0.1) is 18.7 Å². The molecule has 0 fully saturated rings. The summed E-state index contributed by atoms with van der Waals surface area (Å²) in [4.78, 5) is 22.7. The third kappa shape index (κ3) is 5.68. The molecular weight excluding hydrogens is 396 g/mol. The molecule has 1 atom stereocenters. The Kier molecular flexibility index (Phi) is 7.17. The van der Waals surface area contributed by atoms with Gasteiger partial charge in [0.15, 0.2) is 0 Å². The summed E-state index contributed by atoms with van der Waals surface area (Å²) < 4.78 is 5.18. The molecule has 2 aromatic rings. The first-order chi connectivity index (χ1) is 13.6. The van der Waals surface area contributed by atoms with Crippen molar-refractivity contribution in [1.29, 1.82) is 0 Å². The van der Waals surface area contributed by atoms with Crippen molar-refractivity contribution in [1.82, 2.24) is 5.43 Å². The second-order valence-electron chi connectivity index (χ2n) is 6.98. The van der Waals surface area contributed by atoms with Gasteiger partial charge in [0.1, 0.15) is 5.75 Å². The summed E-state index contributed by atoms with van der Waals surface area (Å²) in [5, 5.41) is 16.5. The number of rotatable bonds is 8. The van der Waals surface area contributed by atoms with Crippen LogP contribution in [0.4, 0.5) is 4.79 Å². The number of carbonyl (C=O) groups is 1. The maximum atomic E-state index is 11.8. The second kappa shape index (κ2) is 9.38. The lowest BCUT2D eigenvalue weighted by atomic mass is 9.78. The molecular formula is C20H23ClN4O4. The van der Waals surface area contributed by atoms with Gasteiger partial charge in [-0.15, -0.1) is 0 Å². The number of hydrogen-bond acceptors (Lipinski definition) is 5. The van der Waals surface area contributed by atoms with Gasteiger partial charge < -0.3 is 10.5 Å². The van der Waals surface area contributed by atoms with Crippen molar-refractivity contribution in [2.24, 2.45) is 10.8 Å². The summed E-state index contributed by atoms with van der Waals surface area (Å²) in [6.07, 6.45) is 0.183. The molecule has 0 aliphatic carbocycles. The molecule has 0 aliphatic rings. The van der Waals surface area contributed by atoms with Crippen LogP contribution in [0.25, 0.3) is 0 Å². The number of nitro groups is 1. The molecule has 0 heterocycles. The van der Waals surface area contributed by atoms with E-state index in [1.54, 1.807) is 69.5 Å². The third-order valence-electron chi connectivity index (χ3n) is 4.72. The predicted octanol–water partition coefficient (Wildman–Crippen LogP) is 3.95. The van der Waals surface area contributed by atoms with Gasteiger partial charge in [-0.05, 0) is 35.4 Å². The van der Waals surface area contributed by atoms with Crippen LogP contribution >= 0.6 is 11.6 Å². The number of nitrogens with one attached hydrogen (secondary N) is 1. The Bertz CT molecular complexity index is 896. The van der Waals surface area contributed by atoms with Crippen LogP contribution < -0.4 is 15.9 Å². The van der Waals surface area contributed by atoms with Gasteiger partial charge in [-0.3, -0.25) is 10.1 Å². The van der Waals surface area contributed by atoms with E-state index < -0.39 is 17.5 Å². The highest BCUT2D eigenvalue weighted by Crippen LogP contribution is 2.36. The minimum Gasteiger partial charge on any atom is -0.497 e. The van der Waals surface area contributed by atoms with Crippen molar-refractivity contribution in [3.05, 3.63) is 74.8 Å². The topological polar surface area (TPSA) is 120 Å². The summed E-state index contributed by atoms with van der Waals surface area (Å²) in [6, 6.07) is 13.1. The number of ether oxygens (including phenoxy) is 1. The number of urea groups is 1. The van der Waals surface area contributed by atoms with Crippen LogP contribution in [0.5, 0.6) is 5.75 Å². The minimum absolute atomic E-state index is 0.183. The maximum absolute atomic E-state index is 11.8. The van der Waals surface area contributed by atoms with Gasteiger partial charge in [-0.1, -0.05) is 35.9 Å². The first-order valence-corrected chi connectivity index (χ1v) is 9.19. The molecule has 0 spiro atoms. The van der Waals surface area contributed by atoms with Crippen LogP contribution in [0.3, 0.4) is 0 Å². The van der Waals surface area contributed by atoms with E-state index in [0.717, 1.165) is 5.56 Å². The molecule has 9 heteroatoms. The third-order valence-corrected chi connectivity index (χ3v) is 4.97. The molecule has 154 valence electrons. The fourth-order valence-electron chi connectivity index (χ4n) is 2.93. The van der Waals surface area contributed by atoms with Crippen LogP contribution in [0, 0.1) is 10.1 Å². The lowest BCUT2D eigenvalue weighted by molar-refractivity contribution is -0.565. The molecule has 3 N–H and O–H groups in total. The summed E-state index contributed by atoms with van der Waals surface area (Å²) in [6.45, 7) is 3.12. The Morgan fingerprint density at radius 3 is 2.31 bits per heavy atom. The molecule has 0 saturated heterocycles. The molecule has 0 aliphatic heterocycles. The van der Waals surface area contributed by atoms with E-state index in [1.807, 2.05) is 0 Å². The number of nitrogens with two attached hydrogens (primary N) is 1. The molecule has 1 unspecified atom stereocenters. The number of primary amides is 1. The molecule has 0 saturated carbocycles. The molecule has 2 amide bonds. The van der Waals surface area contributed by atoms with Gasteiger partial charge in [0.2, 0.25) is 5.54 Å². The van der Waals surface area contributed by atoms with Crippen LogP contribution in [-0.2, 0) is 0 Å². The van der Waals surface area contributed by atoms with E-state index in [1.165, 1.54) is 0 Å². The molecule has 0 aromatic heterocycles. The van der Waals surface area contributed by atoms with Gasteiger partial charge in [-0.25, -0.2) is 10.2 Å². The first-order valence-electron chi connectivity index (χ1n) is 8.81. The van der Waals surface area contributed by atoms with Crippen LogP contribution in [-0.4, -0.2) is 29.3 Å². The first kappa shape index (κ1) is 22.2. The lowest BCUT2D eigenvalue weighted by Crippen LogP contribution is -2.39. The molecule has 2 rings (SSSR count). The highest BCUT2D eigenvalue weighted by atomic mass is 35.5. The number of halogens is 1. The van der Waals surface area contributed by atoms with E-state index in [4.69, 9.17) is 22.1 Å². The van der Waals surface area contributed by atoms with Gasteiger partial charge in [-0.2, -0.15) is 5.10 Å². The largest absolute Gasteiger partial charge is 0.497 e. The number of carbonyl (C=O) groups excluding carboxylic acids is 1. The summed E-state index contributed by atoms with van der Waals surface area (Å²) in [5.41, 5.74) is 7.91. The number of nitrogens with zero attached hydrogens (tertiary/aromatic N) is 2. The zero-order chi connectivity index (χ0) is 21.6. The van der Waals surface area contributed by atoms with Gasteiger partial charge in [0.25, 0.3) is 0 Å². The maximum Gasteiger partial charge on any atom is 0.332 e. The molecule has 2 aromatic carbocycles. The van der Waals surface area contributed by atoms with Crippen molar-refractivity contribution < 1.29 is 14.5 Å². The number of methoxy groups -OCH3 is 1. The average molecular weight is 419 g/mol. The zero-order valence-electron chi connectivity index (χ0n) is 16.4. The predicted molar refractivity (Wildman–Crippen MR) is 112 cm³/mol. The summed E-state index contributed by atoms with van der Waals surface area (Å²) in [5.74, 6) is 0.0981. The standard InChI is InChI=1S/C20H23ClN4O4/c1-20(2,25(27)28)17(13-6-10-16(29-3)11-7-13)12-18(23-24-19(22)26)14-4-8-15(21)9-5-14/h4-11,17H,12H2,1-3H3,(H3,22,24,26)/b23-18-. The van der Waals surface area contributed by atoms with Gasteiger partial charge in [0, 0.05) is 30.2 Å². The number of benzene rings is 2. The minimum atomic E-state index is -1.31. The number of hydrazone groups is 1. The number of hydrogen-bond donors (Lipinski definition) is 2. The van der Waals surface area contributed by atoms with E-state index >= 15 is 0 Å². The van der Waals surface area contributed by atoms with E-state index in [0.29, 0.717) is 22.0 Å². The van der Waals surface area contributed by atoms with Crippen molar-refractivity contribution in [3.8, 4) is 5.75 Å². The highest BCUT2D eigenvalue weighted by Gasteiger charge is 2.42. The smallest absolute Gasteiger partial charge is 0.332 e. The fourth-order valence-corrected chi connectivity index (χ4v) is 3.05. The fraction of sp³-hybridized carbons (Fsp3) is 0.300. The van der Waals surface area contributed by atoms with Crippen LogP contribution in [0.1, 0.15) is 37.3 Å². The van der Waals surface area contributed by atoms with Gasteiger partial charge >= 0.3 is 6.03 Å². The van der Waals surface area contributed by atoms with Crippen molar-refractivity contribution >= 4 is 23.3 Å². The highest BCUT2D eigenvalue weighted by molar-refractivity contribution is 6.30. The van der Waals surface area contributed by atoms with E-state index in [2.05, 4.69) is 10.5 Å². The Balaban J connectivity index is 2.51. The van der Waals surface area contributed by atoms with Crippen molar-refractivity contribution in [2.45, 2.75) is 31.7 Å². The molecule has 0 radical (unpaired) electrons. The average Bonchev–Trinajstić information content (AvgIpc) is 2.68. The van der Waals surface area contributed by atoms with Crippen LogP contribution in [0.2, 0.25) is 5.02 Å². The van der Waals surface area contributed by atoms with Crippen molar-refractivity contribution in [2.75, 3.05) is 7.11 Å². The Morgan fingerprint density at radius 2 is 1.83 bits per heavy atom. The summed E-state index contributed by atoms with van der Waals surface area (Å²) >= 11 is 5.96. The Labute approximate surface area is 173 Å². The number of amides is 2. The Morgan fingerprint density at radius 1 is 1.24 bits per heavy atom.